The zero-order valence-corrected chi connectivity index (χ0v) is 26.8. The molecule has 2 bridgehead atoms. The minimum absolute atomic E-state index is 0.118. The highest BCUT2D eigenvalue weighted by Gasteiger charge is 2.53. The van der Waals surface area contributed by atoms with Gasteiger partial charge in [0, 0.05) is 28.7 Å². The lowest BCUT2D eigenvalue weighted by atomic mass is 9.90. The van der Waals surface area contributed by atoms with Crippen molar-refractivity contribution in [1.82, 2.24) is 9.62 Å². The van der Waals surface area contributed by atoms with E-state index in [9.17, 15) is 26.4 Å². The molecule has 0 spiro atoms. The average molecular weight is 710 g/mol. The summed E-state index contributed by atoms with van der Waals surface area (Å²) in [5.74, 6) is -6.58. The Balaban J connectivity index is 0.000000644. The van der Waals surface area contributed by atoms with E-state index in [4.69, 9.17) is 32.0 Å². The lowest BCUT2D eigenvalue weighted by molar-refractivity contribution is -0.192. The molecule has 2 heterocycles. The molecule has 0 radical (unpaired) electrons. The van der Waals surface area contributed by atoms with Crippen molar-refractivity contribution in [3.63, 3.8) is 0 Å². The van der Waals surface area contributed by atoms with Gasteiger partial charge in [-0.1, -0.05) is 43.0 Å². The van der Waals surface area contributed by atoms with Crippen molar-refractivity contribution >= 4 is 33.5 Å². The highest BCUT2D eigenvalue weighted by molar-refractivity contribution is 7.89. The summed E-state index contributed by atoms with van der Waals surface area (Å²) in [5, 5.41) is 7.37. The first-order chi connectivity index (χ1) is 22.0. The number of amides is 1. The molecular formula is C31H37ClF5N3O6S. The molecule has 260 valence electrons. The molecule has 2 saturated heterocycles. The molecule has 2 aromatic rings. The molecule has 3 atom stereocenters. The van der Waals surface area contributed by atoms with Gasteiger partial charge in [0.05, 0.1) is 11.5 Å². The minimum atomic E-state index is -5.08. The minimum Gasteiger partial charge on any atom is -0.493 e. The van der Waals surface area contributed by atoms with Gasteiger partial charge in [-0.2, -0.15) is 26.7 Å². The quantitative estimate of drug-likeness (QED) is 0.278. The fourth-order valence-corrected chi connectivity index (χ4v) is 7.67. The van der Waals surface area contributed by atoms with Gasteiger partial charge in [-0.25, -0.2) is 13.2 Å². The van der Waals surface area contributed by atoms with Crippen molar-refractivity contribution in [2.75, 3.05) is 6.61 Å². The van der Waals surface area contributed by atoms with Crippen molar-refractivity contribution in [2.24, 2.45) is 11.7 Å². The highest BCUT2D eigenvalue weighted by Crippen LogP contribution is 2.40. The van der Waals surface area contributed by atoms with Gasteiger partial charge < -0.3 is 20.5 Å². The number of nitrogens with two attached hydrogens (primary N) is 1. The Bertz CT molecular complexity index is 1470. The lowest BCUT2D eigenvalue weighted by Crippen LogP contribution is -2.60. The average Bonchev–Trinajstić information content (AvgIpc) is 3.29. The Hall–Kier alpha value is -3.01. The number of sulfonamides is 1. The molecule has 2 unspecified atom stereocenters. The maximum absolute atomic E-state index is 16.0. The van der Waals surface area contributed by atoms with E-state index in [-0.39, 0.29) is 28.0 Å². The summed E-state index contributed by atoms with van der Waals surface area (Å²) >= 11 is 5.90. The molecule has 1 amide bonds. The van der Waals surface area contributed by atoms with Crippen LogP contribution in [0.15, 0.2) is 53.4 Å². The number of nitrogens with zero attached hydrogens (tertiary/aromatic N) is 1. The number of carboxylic acids is 1. The number of alkyl halides is 5. The fraction of sp³-hybridized carbons (Fsp3) is 0.548. The third-order valence-corrected chi connectivity index (χ3v) is 10.4. The van der Waals surface area contributed by atoms with E-state index in [0.717, 1.165) is 25.0 Å². The van der Waals surface area contributed by atoms with Crippen LogP contribution in [0.3, 0.4) is 0 Å². The van der Waals surface area contributed by atoms with Crippen LogP contribution >= 0.6 is 11.6 Å². The van der Waals surface area contributed by atoms with E-state index in [2.05, 4.69) is 4.72 Å². The van der Waals surface area contributed by atoms with Gasteiger partial charge in [0.25, 0.3) is 5.92 Å². The van der Waals surface area contributed by atoms with Crippen LogP contribution in [0.4, 0.5) is 22.0 Å². The Kier molecular flexibility index (Phi) is 11.8. The summed E-state index contributed by atoms with van der Waals surface area (Å²) in [7, 11) is -4.50. The van der Waals surface area contributed by atoms with Gasteiger partial charge in [0.15, 0.2) is 6.04 Å². The first-order valence-electron chi connectivity index (χ1n) is 15.3. The molecule has 2 aromatic carbocycles. The number of carboxylic acid groups (broad SMARTS) is 1. The van der Waals surface area contributed by atoms with Crippen molar-refractivity contribution in [3.8, 4) is 5.75 Å². The van der Waals surface area contributed by atoms with Crippen LogP contribution in [-0.2, 0) is 25.5 Å². The molecule has 3 aliphatic rings. The molecule has 16 heteroatoms. The van der Waals surface area contributed by atoms with Crippen LogP contribution in [0.25, 0.3) is 0 Å². The number of hydrogen-bond acceptors (Lipinski definition) is 6. The SMILES string of the molecule is NC1CC2CCC(C1)N2C(=O)[C@H](NS(=O)(=O)c1ccc(OCC2CCCCC2)cc1)C(F)(F)c1ccc(Cl)cc1.O=C(O)C(F)(F)F. The van der Waals surface area contributed by atoms with Crippen LogP contribution in [0.2, 0.25) is 5.02 Å². The molecule has 2 aliphatic heterocycles. The number of hydrogen-bond donors (Lipinski definition) is 3. The number of fused-ring (bicyclic) bond motifs is 2. The number of aliphatic carboxylic acids is 1. The summed E-state index contributed by atoms with van der Waals surface area (Å²) < 4.78 is 98.6. The monoisotopic (exact) mass is 709 g/mol. The third-order valence-electron chi connectivity index (χ3n) is 8.72. The van der Waals surface area contributed by atoms with Crippen LogP contribution in [0, 0.1) is 5.92 Å². The van der Waals surface area contributed by atoms with E-state index in [1.807, 2.05) is 0 Å². The molecule has 1 aliphatic carbocycles. The zero-order valence-electron chi connectivity index (χ0n) is 25.3. The van der Waals surface area contributed by atoms with Gasteiger partial charge in [0.1, 0.15) is 5.75 Å². The number of carbonyl (C=O) groups excluding carboxylic acids is 1. The number of benzene rings is 2. The van der Waals surface area contributed by atoms with Gasteiger partial charge in [0.2, 0.25) is 15.9 Å². The van der Waals surface area contributed by atoms with Crippen LogP contribution in [-0.4, -0.2) is 67.3 Å². The fourth-order valence-electron chi connectivity index (χ4n) is 6.35. The number of halogens is 6. The predicted molar refractivity (Wildman–Crippen MR) is 163 cm³/mol. The molecule has 3 fully saturated rings. The van der Waals surface area contributed by atoms with Gasteiger partial charge >= 0.3 is 12.1 Å². The second-order valence-electron chi connectivity index (χ2n) is 12.1. The van der Waals surface area contributed by atoms with Gasteiger partial charge in [-0.3, -0.25) is 4.79 Å². The summed E-state index contributed by atoms with van der Waals surface area (Å²) in [5.41, 5.74) is 5.61. The second-order valence-corrected chi connectivity index (χ2v) is 14.3. The number of nitrogens with one attached hydrogen (secondary N) is 1. The molecule has 0 aromatic heterocycles. The Morgan fingerprint density at radius 1 is 0.936 bits per heavy atom. The largest absolute Gasteiger partial charge is 0.493 e. The van der Waals surface area contributed by atoms with Crippen molar-refractivity contribution in [3.05, 3.63) is 59.1 Å². The van der Waals surface area contributed by atoms with Crippen molar-refractivity contribution in [2.45, 2.75) is 98.9 Å². The molecule has 1 saturated carbocycles. The molecule has 5 rings (SSSR count). The van der Waals surface area contributed by atoms with Gasteiger partial charge in [-0.05, 0) is 80.8 Å². The molecule has 9 nitrogen and oxygen atoms in total. The van der Waals surface area contributed by atoms with Crippen molar-refractivity contribution in [1.29, 1.82) is 0 Å². The van der Waals surface area contributed by atoms with Crippen molar-refractivity contribution < 1.29 is 49.8 Å². The number of carbonyl (C=O) groups is 2. The number of rotatable bonds is 9. The molecule has 4 N–H and O–H groups in total. The summed E-state index contributed by atoms with van der Waals surface area (Å²) in [6, 6.07) is 7.37. The summed E-state index contributed by atoms with van der Waals surface area (Å²) in [6.07, 6.45) is 3.04. The van der Waals surface area contributed by atoms with E-state index in [0.29, 0.717) is 44.0 Å². The Morgan fingerprint density at radius 2 is 1.47 bits per heavy atom. The third kappa shape index (κ3) is 9.33. The first kappa shape index (κ1) is 36.8. The second kappa shape index (κ2) is 15.0. The number of piperidine rings is 1. The van der Waals surface area contributed by atoms with Crippen LogP contribution in [0.1, 0.15) is 63.4 Å². The number of ether oxygens (including phenoxy) is 1. The van der Waals surface area contributed by atoms with Crippen LogP contribution < -0.4 is 15.2 Å². The van der Waals surface area contributed by atoms with E-state index >= 15 is 8.78 Å². The van der Waals surface area contributed by atoms with E-state index in [1.165, 1.54) is 60.6 Å². The highest BCUT2D eigenvalue weighted by atomic mass is 35.5. The lowest BCUT2D eigenvalue weighted by Gasteiger charge is -2.41. The smallest absolute Gasteiger partial charge is 0.490 e. The van der Waals surface area contributed by atoms with Crippen LogP contribution in [0.5, 0.6) is 5.75 Å². The van der Waals surface area contributed by atoms with Gasteiger partial charge in [-0.15, -0.1) is 0 Å². The summed E-state index contributed by atoms with van der Waals surface area (Å²) in [4.78, 5) is 23.9. The molecule has 47 heavy (non-hydrogen) atoms. The zero-order chi connectivity index (χ0) is 34.6. The molecular weight excluding hydrogens is 673 g/mol. The van der Waals surface area contributed by atoms with E-state index < -0.39 is 45.6 Å². The standard InChI is InChI=1S/C29H36ClF2N3O4S.C2HF3O2/c30-21-8-6-20(7-9-21)29(31,32)27(28(36)35-23-10-11-24(35)17-22(33)16-23)34-40(37,38)26-14-12-25(13-15-26)39-18-19-4-2-1-3-5-19;3-2(4,5)1(6)7/h6-9,12-15,19,22-24,27,34H,1-5,10-11,16-18,33H2;(H,6,7)/t22?,23?,24?,27-;/m0./s1. The maximum atomic E-state index is 16.0. The Morgan fingerprint density at radius 3 is 1.98 bits per heavy atom. The maximum Gasteiger partial charge on any atom is 0.490 e. The Labute approximate surface area is 274 Å². The van der Waals surface area contributed by atoms with E-state index in [1.54, 1.807) is 0 Å². The normalized spacial score (nSPS) is 22.6. The summed E-state index contributed by atoms with van der Waals surface area (Å²) in [6.45, 7) is 0.552. The first-order valence-corrected chi connectivity index (χ1v) is 17.1. The predicted octanol–water partition coefficient (Wildman–Crippen LogP) is 5.85. The topological polar surface area (TPSA) is 139 Å².